The van der Waals surface area contributed by atoms with Gasteiger partial charge in [-0.3, -0.25) is 0 Å². The SMILES string of the molecule is CC(C)N1NCCNC=C1c1ccc(C(F)(F)F)cc1. The summed E-state index contributed by atoms with van der Waals surface area (Å²) in [5.74, 6) is 0. The molecule has 0 saturated heterocycles. The number of hydrogen-bond donors (Lipinski definition) is 2. The first-order valence-electron chi connectivity index (χ1n) is 6.53. The molecular weight excluding hydrogens is 267 g/mol. The van der Waals surface area contributed by atoms with E-state index in [1.807, 2.05) is 25.1 Å². The Balaban J connectivity index is 2.30. The Hall–Kier alpha value is -1.69. The predicted octanol–water partition coefficient (Wildman–Crippen LogP) is 2.82. The molecule has 2 N–H and O–H groups in total. The third kappa shape index (κ3) is 3.25. The highest BCUT2D eigenvalue weighted by molar-refractivity contribution is 5.64. The van der Waals surface area contributed by atoms with Crippen LogP contribution in [0.5, 0.6) is 0 Å². The van der Waals surface area contributed by atoms with Gasteiger partial charge in [-0.05, 0) is 26.0 Å². The van der Waals surface area contributed by atoms with Gasteiger partial charge in [0.05, 0.1) is 11.3 Å². The van der Waals surface area contributed by atoms with E-state index in [1.54, 1.807) is 0 Å². The molecule has 0 aliphatic carbocycles. The Morgan fingerprint density at radius 1 is 1.10 bits per heavy atom. The Bertz CT molecular complexity index is 477. The van der Waals surface area contributed by atoms with Gasteiger partial charge in [0, 0.05) is 30.9 Å². The summed E-state index contributed by atoms with van der Waals surface area (Å²) in [6, 6.07) is 5.42. The first kappa shape index (κ1) is 14.7. The van der Waals surface area contributed by atoms with E-state index in [9.17, 15) is 13.2 Å². The van der Waals surface area contributed by atoms with Gasteiger partial charge in [-0.15, -0.1) is 0 Å². The number of rotatable bonds is 2. The van der Waals surface area contributed by atoms with E-state index in [1.165, 1.54) is 12.1 Å². The minimum atomic E-state index is -4.30. The number of alkyl halides is 3. The minimum absolute atomic E-state index is 0.198. The van der Waals surface area contributed by atoms with E-state index in [0.29, 0.717) is 0 Å². The van der Waals surface area contributed by atoms with Gasteiger partial charge in [0.15, 0.2) is 0 Å². The number of halogens is 3. The molecule has 0 spiro atoms. The van der Waals surface area contributed by atoms with Crippen molar-refractivity contribution in [2.75, 3.05) is 13.1 Å². The molecule has 110 valence electrons. The van der Waals surface area contributed by atoms with Crippen LogP contribution in [0, 0.1) is 0 Å². The minimum Gasteiger partial charge on any atom is -0.388 e. The second kappa shape index (κ2) is 5.75. The van der Waals surface area contributed by atoms with Crippen LogP contribution in [0.2, 0.25) is 0 Å². The van der Waals surface area contributed by atoms with Gasteiger partial charge in [-0.1, -0.05) is 12.1 Å². The van der Waals surface area contributed by atoms with E-state index in [2.05, 4.69) is 10.7 Å². The van der Waals surface area contributed by atoms with Gasteiger partial charge in [-0.2, -0.15) is 13.2 Å². The van der Waals surface area contributed by atoms with E-state index < -0.39 is 11.7 Å². The topological polar surface area (TPSA) is 27.3 Å². The van der Waals surface area contributed by atoms with Crippen LogP contribution in [0.4, 0.5) is 13.2 Å². The molecule has 6 heteroatoms. The van der Waals surface area contributed by atoms with Crippen LogP contribution < -0.4 is 10.7 Å². The van der Waals surface area contributed by atoms with Crippen LogP contribution in [-0.4, -0.2) is 24.1 Å². The molecule has 0 unspecified atom stereocenters. The Morgan fingerprint density at radius 3 is 2.30 bits per heavy atom. The van der Waals surface area contributed by atoms with Crippen molar-refractivity contribution in [3.63, 3.8) is 0 Å². The normalized spacial score (nSPS) is 16.7. The lowest BCUT2D eigenvalue weighted by Crippen LogP contribution is -2.41. The summed E-state index contributed by atoms with van der Waals surface area (Å²) in [5.41, 5.74) is 4.21. The number of hydrazine groups is 1. The highest BCUT2D eigenvalue weighted by atomic mass is 19.4. The third-order valence-corrected chi connectivity index (χ3v) is 3.07. The van der Waals surface area contributed by atoms with Crippen molar-refractivity contribution in [3.05, 3.63) is 41.6 Å². The van der Waals surface area contributed by atoms with E-state index in [0.717, 1.165) is 36.5 Å². The molecule has 0 saturated carbocycles. The van der Waals surface area contributed by atoms with Gasteiger partial charge in [0.2, 0.25) is 0 Å². The molecule has 1 aliphatic rings. The van der Waals surface area contributed by atoms with Gasteiger partial charge in [0.1, 0.15) is 0 Å². The monoisotopic (exact) mass is 285 g/mol. The summed E-state index contributed by atoms with van der Waals surface area (Å²) in [7, 11) is 0. The second-order valence-electron chi connectivity index (χ2n) is 4.93. The van der Waals surface area contributed by atoms with Crippen LogP contribution in [0.3, 0.4) is 0 Å². The Labute approximate surface area is 116 Å². The molecule has 1 aromatic carbocycles. The molecule has 2 rings (SSSR count). The maximum atomic E-state index is 12.6. The molecule has 0 radical (unpaired) electrons. The van der Waals surface area contributed by atoms with Crippen LogP contribution in [0.15, 0.2) is 30.5 Å². The van der Waals surface area contributed by atoms with Gasteiger partial charge in [-0.25, -0.2) is 5.43 Å². The fourth-order valence-electron chi connectivity index (χ4n) is 2.09. The maximum absolute atomic E-state index is 12.6. The average molecular weight is 285 g/mol. The van der Waals surface area contributed by atoms with Crippen LogP contribution in [0.1, 0.15) is 25.0 Å². The van der Waals surface area contributed by atoms with Crippen LogP contribution >= 0.6 is 0 Å². The summed E-state index contributed by atoms with van der Waals surface area (Å²) in [4.78, 5) is 0. The van der Waals surface area contributed by atoms with E-state index in [4.69, 9.17) is 0 Å². The Morgan fingerprint density at radius 2 is 1.75 bits per heavy atom. The Kier molecular flexibility index (Phi) is 4.23. The first-order valence-corrected chi connectivity index (χ1v) is 6.53. The molecule has 0 atom stereocenters. The van der Waals surface area contributed by atoms with Crippen molar-refractivity contribution in [2.24, 2.45) is 0 Å². The van der Waals surface area contributed by atoms with Crippen LogP contribution in [0.25, 0.3) is 5.70 Å². The molecule has 0 amide bonds. The summed E-state index contributed by atoms with van der Waals surface area (Å²) in [5, 5.41) is 5.10. The molecule has 1 heterocycles. The number of hydrogen-bond acceptors (Lipinski definition) is 3. The first-order chi connectivity index (χ1) is 9.39. The highest BCUT2D eigenvalue weighted by Crippen LogP contribution is 2.30. The number of benzene rings is 1. The molecule has 0 fully saturated rings. The smallest absolute Gasteiger partial charge is 0.388 e. The third-order valence-electron chi connectivity index (χ3n) is 3.07. The zero-order valence-electron chi connectivity index (χ0n) is 11.5. The lowest BCUT2D eigenvalue weighted by molar-refractivity contribution is -0.137. The lowest BCUT2D eigenvalue weighted by Gasteiger charge is -2.30. The van der Waals surface area contributed by atoms with Crippen molar-refractivity contribution in [3.8, 4) is 0 Å². The molecule has 0 aromatic heterocycles. The van der Waals surface area contributed by atoms with Gasteiger partial charge >= 0.3 is 6.18 Å². The molecule has 1 aliphatic heterocycles. The molecule has 20 heavy (non-hydrogen) atoms. The fraction of sp³-hybridized carbons (Fsp3) is 0.429. The largest absolute Gasteiger partial charge is 0.416 e. The number of nitrogens with one attached hydrogen (secondary N) is 2. The zero-order chi connectivity index (χ0) is 14.8. The maximum Gasteiger partial charge on any atom is 0.416 e. The lowest BCUT2D eigenvalue weighted by atomic mass is 10.1. The zero-order valence-corrected chi connectivity index (χ0v) is 11.5. The van der Waals surface area contributed by atoms with Gasteiger partial charge < -0.3 is 10.3 Å². The molecule has 3 nitrogen and oxygen atoms in total. The second-order valence-corrected chi connectivity index (χ2v) is 4.93. The van der Waals surface area contributed by atoms with Crippen LogP contribution in [-0.2, 0) is 6.18 Å². The predicted molar refractivity (Wildman–Crippen MR) is 72.4 cm³/mol. The van der Waals surface area contributed by atoms with Crippen molar-refractivity contribution >= 4 is 5.70 Å². The number of nitrogens with zero attached hydrogens (tertiary/aromatic N) is 1. The van der Waals surface area contributed by atoms with Gasteiger partial charge in [0.25, 0.3) is 0 Å². The summed E-state index contributed by atoms with van der Waals surface area (Å²) in [6.07, 6.45) is -2.47. The molecular formula is C14H18F3N3. The summed E-state index contributed by atoms with van der Waals surface area (Å²) < 4.78 is 37.7. The fourth-order valence-corrected chi connectivity index (χ4v) is 2.09. The van der Waals surface area contributed by atoms with Crippen molar-refractivity contribution in [1.29, 1.82) is 0 Å². The van der Waals surface area contributed by atoms with Crippen molar-refractivity contribution in [1.82, 2.24) is 15.8 Å². The quantitative estimate of drug-likeness (QED) is 0.875. The summed E-state index contributed by atoms with van der Waals surface area (Å²) in [6.45, 7) is 5.58. The average Bonchev–Trinajstić information content (AvgIpc) is 2.63. The molecule has 0 bridgehead atoms. The standard InChI is InChI=1S/C14H18F3N3/c1-10(2)20-13(9-18-7-8-19-20)11-3-5-12(6-4-11)14(15,16)17/h3-6,9-10,18-19H,7-8H2,1-2H3. The van der Waals surface area contributed by atoms with Crippen molar-refractivity contribution < 1.29 is 13.2 Å². The van der Waals surface area contributed by atoms with Crippen molar-refractivity contribution in [2.45, 2.75) is 26.1 Å². The summed E-state index contributed by atoms with van der Waals surface area (Å²) >= 11 is 0. The van der Waals surface area contributed by atoms with E-state index >= 15 is 0 Å². The highest BCUT2D eigenvalue weighted by Gasteiger charge is 2.30. The van der Waals surface area contributed by atoms with E-state index in [-0.39, 0.29) is 6.04 Å². The molecule has 1 aromatic rings.